The van der Waals surface area contributed by atoms with Crippen molar-refractivity contribution in [2.24, 2.45) is 5.10 Å². The molecule has 2 atom stereocenters. The molecule has 0 saturated carbocycles. The lowest BCUT2D eigenvalue weighted by molar-refractivity contribution is -0.0223. The minimum Gasteiger partial charge on any atom is -0.494 e. The molecule has 0 aromatic heterocycles. The Morgan fingerprint density at radius 1 is 1.12 bits per heavy atom. The summed E-state index contributed by atoms with van der Waals surface area (Å²) in [6.45, 7) is 4.87. The molecule has 2 aliphatic rings. The van der Waals surface area contributed by atoms with E-state index in [1.807, 2.05) is 25.1 Å². The van der Waals surface area contributed by atoms with Crippen molar-refractivity contribution in [3.8, 4) is 11.5 Å². The Hall–Kier alpha value is -2.49. The molecule has 2 aliphatic heterocycles. The highest BCUT2D eigenvalue weighted by Gasteiger charge is 2.39. The summed E-state index contributed by atoms with van der Waals surface area (Å²) in [5, 5.41) is 7.10. The Bertz CT molecular complexity index is 770. The number of ether oxygens (including phenoxy) is 2. The van der Waals surface area contributed by atoms with Crippen molar-refractivity contribution < 1.29 is 9.47 Å². The number of hydrogen-bond donors (Lipinski definition) is 0. The molecule has 0 fully saturated rings. The smallest absolute Gasteiger partial charge is 0.187 e. The van der Waals surface area contributed by atoms with Gasteiger partial charge in [0, 0.05) is 18.4 Å². The van der Waals surface area contributed by atoms with E-state index in [0.717, 1.165) is 42.0 Å². The molecule has 0 spiro atoms. The first-order valence-electron chi connectivity index (χ1n) is 9.14. The van der Waals surface area contributed by atoms with Crippen molar-refractivity contribution in [2.45, 2.75) is 45.4 Å². The first-order chi connectivity index (χ1) is 12.3. The molecule has 0 unspecified atom stereocenters. The molecule has 0 amide bonds. The van der Waals surface area contributed by atoms with E-state index in [1.165, 1.54) is 5.56 Å². The second-order valence-electron chi connectivity index (χ2n) is 6.50. The standard InChI is InChI=1S/C21H24N2O2/c1-3-7-21-23-19(17-8-5-6-9-20(17)25-21)14-18(22-23)15-10-12-16(13-11-15)24-4-2/h5-6,8-13,19,21H,3-4,7,14H2,1-2H3/t19-,21+/m1/s1. The van der Waals surface area contributed by atoms with Crippen LogP contribution >= 0.6 is 0 Å². The van der Waals surface area contributed by atoms with Crippen LogP contribution in [0.1, 0.15) is 50.3 Å². The Kier molecular flexibility index (Phi) is 4.35. The van der Waals surface area contributed by atoms with Crippen LogP contribution in [-0.2, 0) is 0 Å². The Balaban J connectivity index is 1.64. The van der Waals surface area contributed by atoms with E-state index in [1.54, 1.807) is 0 Å². The van der Waals surface area contributed by atoms with Crippen LogP contribution in [0.4, 0.5) is 0 Å². The minimum absolute atomic E-state index is 0.0186. The van der Waals surface area contributed by atoms with E-state index < -0.39 is 0 Å². The van der Waals surface area contributed by atoms with Gasteiger partial charge in [-0.05, 0) is 42.8 Å². The maximum Gasteiger partial charge on any atom is 0.187 e. The molecule has 130 valence electrons. The van der Waals surface area contributed by atoms with Crippen molar-refractivity contribution in [1.82, 2.24) is 5.01 Å². The van der Waals surface area contributed by atoms with Gasteiger partial charge in [0.15, 0.2) is 6.23 Å². The van der Waals surface area contributed by atoms with Gasteiger partial charge >= 0.3 is 0 Å². The van der Waals surface area contributed by atoms with E-state index in [0.29, 0.717) is 6.61 Å². The Morgan fingerprint density at radius 3 is 2.68 bits per heavy atom. The lowest BCUT2D eigenvalue weighted by atomic mass is 9.96. The van der Waals surface area contributed by atoms with E-state index in [4.69, 9.17) is 14.6 Å². The molecule has 0 saturated heterocycles. The van der Waals surface area contributed by atoms with Gasteiger partial charge in [0.1, 0.15) is 11.5 Å². The molecular formula is C21H24N2O2. The van der Waals surface area contributed by atoms with Crippen LogP contribution in [0.2, 0.25) is 0 Å². The summed E-state index contributed by atoms with van der Waals surface area (Å²) in [5.74, 6) is 1.91. The molecule has 4 heteroatoms. The SMILES string of the molecule is CCC[C@@H]1Oc2ccccc2[C@H]2CC(c3ccc(OCC)cc3)=NN12. The van der Waals surface area contributed by atoms with Crippen molar-refractivity contribution in [1.29, 1.82) is 0 Å². The summed E-state index contributed by atoms with van der Waals surface area (Å²) >= 11 is 0. The summed E-state index contributed by atoms with van der Waals surface area (Å²) in [6.07, 6.45) is 2.98. The van der Waals surface area contributed by atoms with Crippen LogP contribution in [-0.4, -0.2) is 23.6 Å². The Labute approximate surface area is 149 Å². The van der Waals surface area contributed by atoms with Crippen LogP contribution in [0.25, 0.3) is 0 Å². The van der Waals surface area contributed by atoms with Gasteiger partial charge < -0.3 is 9.47 Å². The lowest BCUT2D eigenvalue weighted by Crippen LogP contribution is -2.40. The predicted molar refractivity (Wildman–Crippen MR) is 99.1 cm³/mol. The number of para-hydroxylation sites is 1. The third-order valence-corrected chi connectivity index (χ3v) is 4.81. The van der Waals surface area contributed by atoms with E-state index in [-0.39, 0.29) is 12.3 Å². The average molecular weight is 336 g/mol. The van der Waals surface area contributed by atoms with Gasteiger partial charge in [-0.15, -0.1) is 0 Å². The molecule has 2 aromatic rings. The van der Waals surface area contributed by atoms with E-state index >= 15 is 0 Å². The highest BCUT2D eigenvalue weighted by atomic mass is 16.5. The quantitative estimate of drug-likeness (QED) is 0.790. The number of hydrazone groups is 1. The molecule has 25 heavy (non-hydrogen) atoms. The summed E-state index contributed by atoms with van der Waals surface area (Å²) in [7, 11) is 0. The highest BCUT2D eigenvalue weighted by Crippen LogP contribution is 2.43. The molecule has 0 radical (unpaired) electrons. The molecule has 0 N–H and O–H groups in total. The van der Waals surface area contributed by atoms with Gasteiger partial charge in [0.2, 0.25) is 0 Å². The van der Waals surface area contributed by atoms with Crippen LogP contribution in [0, 0.1) is 0 Å². The second-order valence-corrected chi connectivity index (χ2v) is 6.50. The first-order valence-corrected chi connectivity index (χ1v) is 9.14. The average Bonchev–Trinajstić information content (AvgIpc) is 3.09. The number of nitrogens with zero attached hydrogens (tertiary/aromatic N) is 2. The zero-order valence-electron chi connectivity index (χ0n) is 14.8. The molecule has 4 nitrogen and oxygen atoms in total. The monoisotopic (exact) mass is 336 g/mol. The third kappa shape index (κ3) is 2.97. The highest BCUT2D eigenvalue weighted by molar-refractivity contribution is 6.02. The number of fused-ring (bicyclic) bond motifs is 3. The third-order valence-electron chi connectivity index (χ3n) is 4.81. The summed E-state index contributed by atoms with van der Waals surface area (Å²) in [5.41, 5.74) is 3.51. The largest absolute Gasteiger partial charge is 0.494 e. The summed E-state index contributed by atoms with van der Waals surface area (Å²) in [4.78, 5) is 0. The van der Waals surface area contributed by atoms with Crippen molar-refractivity contribution in [2.75, 3.05) is 6.61 Å². The molecule has 0 aliphatic carbocycles. The van der Waals surface area contributed by atoms with Crippen LogP contribution in [0.15, 0.2) is 53.6 Å². The number of benzene rings is 2. The summed E-state index contributed by atoms with van der Waals surface area (Å²) in [6, 6.07) is 16.9. The normalized spacial score (nSPS) is 21.2. The lowest BCUT2D eigenvalue weighted by Gasteiger charge is -2.38. The van der Waals surface area contributed by atoms with Gasteiger partial charge in [-0.2, -0.15) is 5.10 Å². The van der Waals surface area contributed by atoms with Crippen LogP contribution in [0.3, 0.4) is 0 Å². The van der Waals surface area contributed by atoms with Crippen LogP contribution in [0.5, 0.6) is 11.5 Å². The molecule has 2 aromatic carbocycles. The number of hydrogen-bond acceptors (Lipinski definition) is 4. The molecule has 0 bridgehead atoms. The van der Waals surface area contributed by atoms with E-state index in [9.17, 15) is 0 Å². The second kappa shape index (κ2) is 6.79. The maximum absolute atomic E-state index is 6.22. The van der Waals surface area contributed by atoms with Gasteiger partial charge in [-0.25, -0.2) is 0 Å². The zero-order valence-corrected chi connectivity index (χ0v) is 14.8. The summed E-state index contributed by atoms with van der Waals surface area (Å²) < 4.78 is 11.8. The van der Waals surface area contributed by atoms with Crippen LogP contribution < -0.4 is 9.47 Å². The molecule has 2 heterocycles. The predicted octanol–water partition coefficient (Wildman–Crippen LogP) is 4.76. The fourth-order valence-corrected chi connectivity index (χ4v) is 3.63. The molecule has 4 rings (SSSR count). The topological polar surface area (TPSA) is 34.1 Å². The Morgan fingerprint density at radius 2 is 1.92 bits per heavy atom. The maximum atomic E-state index is 6.22. The zero-order chi connectivity index (χ0) is 17.2. The fraction of sp³-hybridized carbons (Fsp3) is 0.381. The molecular weight excluding hydrogens is 312 g/mol. The first kappa shape index (κ1) is 16.0. The van der Waals surface area contributed by atoms with Gasteiger partial charge in [0.05, 0.1) is 18.4 Å². The van der Waals surface area contributed by atoms with Gasteiger partial charge in [0.25, 0.3) is 0 Å². The van der Waals surface area contributed by atoms with Crippen molar-refractivity contribution in [3.63, 3.8) is 0 Å². The van der Waals surface area contributed by atoms with Gasteiger partial charge in [-0.1, -0.05) is 31.5 Å². The van der Waals surface area contributed by atoms with Crippen molar-refractivity contribution >= 4 is 5.71 Å². The van der Waals surface area contributed by atoms with Crippen molar-refractivity contribution in [3.05, 3.63) is 59.7 Å². The fourth-order valence-electron chi connectivity index (χ4n) is 3.63. The van der Waals surface area contributed by atoms with Gasteiger partial charge in [-0.3, -0.25) is 5.01 Å². The van der Waals surface area contributed by atoms with E-state index in [2.05, 4.69) is 42.3 Å². The number of rotatable bonds is 5. The minimum atomic E-state index is 0.0186.